The summed E-state index contributed by atoms with van der Waals surface area (Å²) in [5, 5.41) is 25.1. The summed E-state index contributed by atoms with van der Waals surface area (Å²) in [5.74, 6) is -2.83. The van der Waals surface area contributed by atoms with Crippen LogP contribution in [0.15, 0.2) is 54.6 Å². The number of nitrogens with one attached hydrogen (secondary N) is 6. The number of nitrogens with zero attached hydrogens (tertiary/aromatic N) is 1. The smallest absolute Gasteiger partial charge is 0.268 e. The van der Waals surface area contributed by atoms with Crippen LogP contribution in [0.5, 0.6) is 5.75 Å². The molecule has 7 N–H and O–H groups in total. The highest BCUT2D eigenvalue weighted by molar-refractivity contribution is 6.01. The predicted molar refractivity (Wildman–Crippen MR) is 196 cm³/mol. The monoisotopic (exact) mass is 731 g/mol. The van der Waals surface area contributed by atoms with Crippen molar-refractivity contribution in [2.45, 2.75) is 95.1 Å². The fraction of sp³-hybridized carbons (Fsp3) is 0.474. The molecule has 2 aromatic carbocycles. The van der Waals surface area contributed by atoms with E-state index in [1.54, 1.807) is 38.3 Å². The highest BCUT2D eigenvalue weighted by atomic mass is 16.5. The lowest BCUT2D eigenvalue weighted by Gasteiger charge is -2.30. The molecule has 5 rings (SSSR count). The van der Waals surface area contributed by atoms with Crippen LogP contribution in [-0.2, 0) is 30.4 Å². The van der Waals surface area contributed by atoms with E-state index < -0.39 is 65.8 Å². The first-order chi connectivity index (χ1) is 25.5. The Morgan fingerprint density at radius 2 is 1.66 bits per heavy atom. The number of H-pyrrole nitrogens is 1. The fourth-order valence-corrected chi connectivity index (χ4v) is 6.77. The van der Waals surface area contributed by atoms with Gasteiger partial charge >= 0.3 is 0 Å². The van der Waals surface area contributed by atoms with Gasteiger partial charge in [-0.05, 0) is 75.3 Å². The highest BCUT2D eigenvalue weighted by Crippen LogP contribution is 2.22. The third-order valence-electron chi connectivity index (χ3n) is 9.75. The number of hydrogen-bond acceptors (Lipinski definition) is 8. The lowest BCUT2D eigenvalue weighted by atomic mass is 10.0. The number of hydrogen-bond donors (Lipinski definition) is 7. The number of aliphatic hydroxyl groups excluding tert-OH is 1. The number of aromatic amines is 1. The molecule has 6 amide bonds. The average molecular weight is 732 g/mol. The normalized spacial score (nSPS) is 24.4. The van der Waals surface area contributed by atoms with Crippen molar-refractivity contribution >= 4 is 46.3 Å². The molecule has 0 radical (unpaired) electrons. The van der Waals surface area contributed by atoms with Gasteiger partial charge in [0.05, 0.1) is 13.2 Å². The molecule has 284 valence electrons. The lowest BCUT2D eigenvalue weighted by molar-refractivity contribution is -0.142. The Hall–Kier alpha value is -5.44. The summed E-state index contributed by atoms with van der Waals surface area (Å²) in [6, 6.07) is 10.6. The summed E-state index contributed by atoms with van der Waals surface area (Å²) < 4.78 is 5.28. The van der Waals surface area contributed by atoms with E-state index in [2.05, 4.69) is 31.6 Å². The Labute approximate surface area is 308 Å². The minimum atomic E-state index is -1.48. The fourth-order valence-electron chi connectivity index (χ4n) is 6.77. The Bertz CT molecular complexity index is 1800. The SMILES string of the molecule is CC[C@@H]1NC(=O)[C@@H](NC(=O)c2cc3cc(OC)ccc3[nH]2)CCCCNC(=O)[C@@H]2CCCN2C(=O)[C@@H](Cc2ccccc2)NC(=O)[C@H]([C@@H](C)O)NC1=O. The molecule has 15 heteroatoms. The lowest BCUT2D eigenvalue weighted by Crippen LogP contribution is -2.61. The quantitative estimate of drug-likeness (QED) is 0.186. The molecule has 2 aliphatic rings. The van der Waals surface area contributed by atoms with E-state index in [9.17, 15) is 33.9 Å². The largest absolute Gasteiger partial charge is 0.497 e. The van der Waals surface area contributed by atoms with Crippen molar-refractivity contribution in [1.29, 1.82) is 0 Å². The summed E-state index contributed by atoms with van der Waals surface area (Å²) in [4.78, 5) is 86.4. The van der Waals surface area contributed by atoms with Crippen LogP contribution in [0.1, 0.15) is 68.4 Å². The van der Waals surface area contributed by atoms with Gasteiger partial charge in [0.25, 0.3) is 5.91 Å². The van der Waals surface area contributed by atoms with Gasteiger partial charge in [-0.1, -0.05) is 37.3 Å². The minimum absolute atomic E-state index is 0.115. The Kier molecular flexibility index (Phi) is 13.1. The van der Waals surface area contributed by atoms with Crippen LogP contribution >= 0.6 is 0 Å². The molecule has 2 aliphatic heterocycles. The summed E-state index contributed by atoms with van der Waals surface area (Å²) in [5.41, 5.74) is 1.69. The topological polar surface area (TPSA) is 211 Å². The van der Waals surface area contributed by atoms with Crippen molar-refractivity contribution in [2.24, 2.45) is 0 Å². The zero-order chi connectivity index (χ0) is 38.1. The first-order valence-electron chi connectivity index (χ1n) is 18.2. The molecule has 1 aromatic heterocycles. The first kappa shape index (κ1) is 38.8. The van der Waals surface area contributed by atoms with Gasteiger partial charge in [-0.15, -0.1) is 0 Å². The molecular formula is C38H49N7O8. The number of amides is 6. The molecule has 0 spiro atoms. The number of benzene rings is 2. The first-order valence-corrected chi connectivity index (χ1v) is 18.2. The zero-order valence-electron chi connectivity index (χ0n) is 30.3. The molecule has 53 heavy (non-hydrogen) atoms. The van der Waals surface area contributed by atoms with Crippen LogP contribution in [0.2, 0.25) is 0 Å². The van der Waals surface area contributed by atoms with Gasteiger partial charge in [-0.25, -0.2) is 0 Å². The molecular weight excluding hydrogens is 682 g/mol. The van der Waals surface area contributed by atoms with Crippen molar-refractivity contribution in [3.05, 3.63) is 65.9 Å². The number of aliphatic hydroxyl groups is 1. The van der Waals surface area contributed by atoms with Gasteiger partial charge in [0.2, 0.25) is 29.5 Å². The summed E-state index contributed by atoms with van der Waals surface area (Å²) in [7, 11) is 1.54. The van der Waals surface area contributed by atoms with Crippen LogP contribution in [-0.4, -0.2) is 107 Å². The molecule has 0 saturated carbocycles. The number of fused-ring (bicyclic) bond motifs is 2. The van der Waals surface area contributed by atoms with Crippen molar-refractivity contribution < 1.29 is 38.6 Å². The number of ether oxygens (including phenoxy) is 1. The second-order valence-corrected chi connectivity index (χ2v) is 13.6. The number of rotatable bonds is 7. The Morgan fingerprint density at radius 3 is 2.38 bits per heavy atom. The molecule has 15 nitrogen and oxygen atoms in total. The van der Waals surface area contributed by atoms with E-state index in [4.69, 9.17) is 4.74 Å². The summed E-state index contributed by atoms with van der Waals surface area (Å²) in [6.45, 7) is 3.60. The zero-order valence-corrected chi connectivity index (χ0v) is 30.3. The second kappa shape index (κ2) is 17.9. The molecule has 0 bridgehead atoms. The van der Waals surface area contributed by atoms with Crippen molar-refractivity contribution in [2.75, 3.05) is 20.2 Å². The van der Waals surface area contributed by atoms with E-state index in [0.717, 1.165) is 10.9 Å². The van der Waals surface area contributed by atoms with Crippen LogP contribution < -0.4 is 31.3 Å². The maximum absolute atomic E-state index is 14.0. The summed E-state index contributed by atoms with van der Waals surface area (Å²) >= 11 is 0. The number of carbonyl (C=O) groups is 6. The van der Waals surface area contributed by atoms with Crippen molar-refractivity contribution in [3.8, 4) is 5.75 Å². The molecule has 3 heterocycles. The van der Waals surface area contributed by atoms with Gasteiger partial charge in [0.1, 0.15) is 41.7 Å². The molecule has 2 fully saturated rings. The predicted octanol–water partition coefficient (Wildman–Crippen LogP) is 1.05. The molecule has 3 aromatic rings. The third kappa shape index (κ3) is 9.71. The van der Waals surface area contributed by atoms with Crippen molar-refractivity contribution in [1.82, 2.24) is 36.5 Å². The van der Waals surface area contributed by atoms with Gasteiger partial charge < -0.3 is 46.3 Å². The van der Waals surface area contributed by atoms with Crippen molar-refractivity contribution in [3.63, 3.8) is 0 Å². The van der Waals surface area contributed by atoms with Crippen LogP contribution in [0.25, 0.3) is 10.9 Å². The second-order valence-electron chi connectivity index (χ2n) is 13.6. The van der Waals surface area contributed by atoms with Crippen LogP contribution in [0.3, 0.4) is 0 Å². The molecule has 0 unspecified atom stereocenters. The molecule has 0 aliphatic carbocycles. The number of carbonyl (C=O) groups excluding carboxylic acids is 6. The van der Waals surface area contributed by atoms with Gasteiger partial charge in [0, 0.05) is 30.4 Å². The number of methoxy groups -OCH3 is 1. The maximum Gasteiger partial charge on any atom is 0.268 e. The standard InChI is InChI=1S/C38H49N7O8/c1-4-26-33(47)44-32(22(2)46)37(51)43-30(19-23-11-6-5-7-12-23)38(52)45-18-10-14-31(45)36(50)39-17-9-8-13-28(34(48)41-26)42-35(49)29-21-24-20-25(53-3)15-16-27(24)40-29/h5-7,11-12,15-16,20-22,26,28,30-32,40,46H,4,8-10,13-14,17-19H2,1-3H3,(H,39,50)(H,41,48)(H,42,49)(H,43,51)(H,44,47)/t22-,26+,28+,30-,31+,32+/m1/s1. The maximum atomic E-state index is 14.0. The van der Waals surface area contributed by atoms with Crippen LogP contribution in [0, 0.1) is 0 Å². The summed E-state index contributed by atoms with van der Waals surface area (Å²) in [6.07, 6.45) is 1.01. The third-order valence-corrected chi connectivity index (χ3v) is 9.75. The van der Waals surface area contributed by atoms with E-state index in [-0.39, 0.29) is 37.4 Å². The van der Waals surface area contributed by atoms with E-state index in [0.29, 0.717) is 43.5 Å². The Balaban J connectivity index is 1.39. The van der Waals surface area contributed by atoms with Gasteiger partial charge in [0.15, 0.2) is 0 Å². The Morgan fingerprint density at radius 1 is 0.906 bits per heavy atom. The average Bonchev–Trinajstić information content (AvgIpc) is 3.82. The van der Waals surface area contributed by atoms with E-state index in [1.165, 1.54) is 11.8 Å². The highest BCUT2D eigenvalue weighted by Gasteiger charge is 2.39. The van der Waals surface area contributed by atoms with Gasteiger partial charge in [-0.2, -0.15) is 0 Å². The minimum Gasteiger partial charge on any atom is -0.497 e. The van der Waals surface area contributed by atoms with E-state index >= 15 is 0 Å². The van der Waals surface area contributed by atoms with Crippen LogP contribution in [0.4, 0.5) is 0 Å². The number of aromatic nitrogens is 1. The molecule has 6 atom stereocenters. The van der Waals surface area contributed by atoms with Gasteiger partial charge in [-0.3, -0.25) is 28.8 Å². The molecule has 2 saturated heterocycles. The van der Waals surface area contributed by atoms with E-state index in [1.807, 2.05) is 30.3 Å².